The summed E-state index contributed by atoms with van der Waals surface area (Å²) >= 11 is 7.97. The molecular formula is C20H29ClN6O2S. The molecule has 30 heavy (non-hydrogen) atoms. The molecule has 4 heterocycles. The molecule has 8 nitrogen and oxygen atoms in total. The minimum Gasteiger partial charge on any atom is -0.378 e. The maximum Gasteiger partial charge on any atom is 0.239 e. The third-order valence-electron chi connectivity index (χ3n) is 6.01. The first-order chi connectivity index (χ1) is 14.4. The van der Waals surface area contributed by atoms with Gasteiger partial charge >= 0.3 is 0 Å². The monoisotopic (exact) mass is 452 g/mol. The van der Waals surface area contributed by atoms with Crippen LogP contribution in [0.5, 0.6) is 0 Å². The fourth-order valence-corrected chi connectivity index (χ4v) is 5.47. The van der Waals surface area contributed by atoms with Crippen LogP contribution in [-0.2, 0) is 16.1 Å². The standard InChI is InChI=1S/C20H29ClN6O2S/c1-20(2,18(28)22-3)27-6-4-25(5-7-27)13-14-12-15-16(30-14)17(24-19(21)23-15)26-8-10-29-11-9-26/h12H,4-11,13H2,1-3H3,(H,22,28). The van der Waals surface area contributed by atoms with Crippen LogP contribution >= 0.6 is 22.9 Å². The first-order valence-corrected chi connectivity index (χ1v) is 11.6. The van der Waals surface area contributed by atoms with E-state index in [0.717, 1.165) is 61.8 Å². The van der Waals surface area contributed by atoms with Crippen molar-refractivity contribution in [1.29, 1.82) is 0 Å². The van der Waals surface area contributed by atoms with E-state index in [2.05, 4.69) is 36.1 Å². The van der Waals surface area contributed by atoms with E-state index in [-0.39, 0.29) is 5.91 Å². The second-order valence-electron chi connectivity index (χ2n) is 8.24. The van der Waals surface area contributed by atoms with Crippen LogP contribution in [0.2, 0.25) is 5.28 Å². The molecule has 1 amide bonds. The van der Waals surface area contributed by atoms with Crippen LogP contribution in [0.4, 0.5) is 5.82 Å². The Morgan fingerprint density at radius 2 is 1.90 bits per heavy atom. The Morgan fingerprint density at radius 1 is 1.20 bits per heavy atom. The minimum absolute atomic E-state index is 0.0616. The number of hydrogen-bond donors (Lipinski definition) is 1. The lowest BCUT2D eigenvalue weighted by Crippen LogP contribution is -2.59. The number of amides is 1. The molecule has 2 saturated heterocycles. The van der Waals surface area contributed by atoms with Crippen molar-refractivity contribution in [3.05, 3.63) is 16.2 Å². The number of anilines is 1. The van der Waals surface area contributed by atoms with Crippen LogP contribution in [0.25, 0.3) is 10.2 Å². The molecule has 164 valence electrons. The zero-order valence-electron chi connectivity index (χ0n) is 17.8. The van der Waals surface area contributed by atoms with Gasteiger partial charge in [-0.1, -0.05) is 0 Å². The number of ether oxygens (including phenoxy) is 1. The van der Waals surface area contributed by atoms with E-state index in [1.54, 1.807) is 18.4 Å². The van der Waals surface area contributed by atoms with Crippen molar-refractivity contribution in [3.63, 3.8) is 0 Å². The van der Waals surface area contributed by atoms with Crippen LogP contribution < -0.4 is 10.2 Å². The highest BCUT2D eigenvalue weighted by Crippen LogP contribution is 2.34. The Kier molecular flexibility index (Phi) is 6.45. The Balaban J connectivity index is 1.46. The smallest absolute Gasteiger partial charge is 0.239 e. The molecule has 0 saturated carbocycles. The van der Waals surface area contributed by atoms with Gasteiger partial charge < -0.3 is 15.0 Å². The summed E-state index contributed by atoms with van der Waals surface area (Å²) in [5.41, 5.74) is 0.425. The molecule has 0 aliphatic carbocycles. The lowest BCUT2D eigenvalue weighted by molar-refractivity contribution is -0.132. The number of halogens is 1. The maximum absolute atomic E-state index is 12.2. The van der Waals surface area contributed by atoms with E-state index >= 15 is 0 Å². The summed E-state index contributed by atoms with van der Waals surface area (Å²) in [5, 5.41) is 3.07. The zero-order chi connectivity index (χ0) is 21.3. The van der Waals surface area contributed by atoms with Gasteiger partial charge in [0, 0.05) is 57.7 Å². The van der Waals surface area contributed by atoms with Gasteiger partial charge in [-0.25, -0.2) is 4.98 Å². The first-order valence-electron chi connectivity index (χ1n) is 10.4. The van der Waals surface area contributed by atoms with Gasteiger partial charge in [-0.2, -0.15) is 4.98 Å². The molecule has 2 aliphatic heterocycles. The van der Waals surface area contributed by atoms with E-state index in [9.17, 15) is 4.79 Å². The van der Waals surface area contributed by atoms with Gasteiger partial charge in [0.2, 0.25) is 11.2 Å². The molecule has 10 heteroatoms. The summed E-state index contributed by atoms with van der Waals surface area (Å²) in [7, 11) is 1.70. The molecule has 0 spiro atoms. The number of carbonyl (C=O) groups is 1. The molecule has 0 atom stereocenters. The Hall–Kier alpha value is -1.52. The van der Waals surface area contributed by atoms with Crippen molar-refractivity contribution in [2.45, 2.75) is 25.9 Å². The highest BCUT2D eigenvalue weighted by Gasteiger charge is 2.35. The number of piperazine rings is 1. The summed E-state index contributed by atoms with van der Waals surface area (Å²) in [6.45, 7) is 11.5. The second kappa shape index (κ2) is 8.92. The van der Waals surface area contributed by atoms with Gasteiger partial charge in [-0.3, -0.25) is 14.6 Å². The molecule has 2 aromatic heterocycles. The van der Waals surface area contributed by atoms with Crippen molar-refractivity contribution >= 4 is 44.9 Å². The molecule has 0 radical (unpaired) electrons. The van der Waals surface area contributed by atoms with Crippen LogP contribution in [0.3, 0.4) is 0 Å². The molecule has 2 fully saturated rings. The number of aromatic nitrogens is 2. The van der Waals surface area contributed by atoms with Crippen LogP contribution in [0.1, 0.15) is 18.7 Å². The summed E-state index contributed by atoms with van der Waals surface area (Å²) < 4.78 is 6.57. The van der Waals surface area contributed by atoms with Gasteiger partial charge in [-0.15, -0.1) is 11.3 Å². The fourth-order valence-electron chi connectivity index (χ4n) is 4.14. The van der Waals surface area contributed by atoms with Gasteiger partial charge in [0.05, 0.1) is 29.0 Å². The highest BCUT2D eigenvalue weighted by atomic mass is 35.5. The summed E-state index contributed by atoms with van der Waals surface area (Å²) in [6, 6.07) is 2.14. The number of nitrogens with one attached hydrogen (secondary N) is 1. The molecule has 0 unspecified atom stereocenters. The molecule has 2 aliphatic rings. The van der Waals surface area contributed by atoms with E-state index in [1.165, 1.54) is 4.88 Å². The van der Waals surface area contributed by atoms with Crippen molar-refractivity contribution in [3.8, 4) is 0 Å². The number of fused-ring (bicyclic) bond motifs is 1. The maximum atomic E-state index is 12.2. The third-order valence-corrected chi connectivity index (χ3v) is 7.29. The van der Waals surface area contributed by atoms with Crippen molar-refractivity contribution in [2.24, 2.45) is 0 Å². The van der Waals surface area contributed by atoms with Gasteiger partial charge in [0.25, 0.3) is 0 Å². The minimum atomic E-state index is -0.488. The predicted octanol–water partition coefficient (Wildman–Crippen LogP) is 1.82. The van der Waals surface area contributed by atoms with E-state index in [1.807, 2.05) is 13.8 Å². The van der Waals surface area contributed by atoms with E-state index < -0.39 is 5.54 Å². The molecule has 0 bridgehead atoms. The van der Waals surface area contributed by atoms with Crippen LogP contribution in [0.15, 0.2) is 6.07 Å². The van der Waals surface area contributed by atoms with E-state index in [0.29, 0.717) is 18.5 Å². The van der Waals surface area contributed by atoms with Gasteiger partial charge in [0.15, 0.2) is 5.82 Å². The third kappa shape index (κ3) is 4.40. The average molecular weight is 453 g/mol. The van der Waals surface area contributed by atoms with Crippen LogP contribution in [0, 0.1) is 0 Å². The van der Waals surface area contributed by atoms with Crippen molar-refractivity contribution in [2.75, 3.05) is 64.4 Å². The van der Waals surface area contributed by atoms with Crippen LogP contribution in [-0.4, -0.2) is 90.7 Å². The normalized spacial score (nSPS) is 19.4. The SMILES string of the molecule is CNC(=O)C(C)(C)N1CCN(Cc2cc3nc(Cl)nc(N4CCOCC4)c3s2)CC1. The van der Waals surface area contributed by atoms with Crippen molar-refractivity contribution < 1.29 is 9.53 Å². The van der Waals surface area contributed by atoms with Gasteiger partial charge in [-0.05, 0) is 31.5 Å². The number of carbonyl (C=O) groups excluding carboxylic acids is 1. The molecule has 0 aromatic carbocycles. The Bertz CT molecular complexity index is 906. The summed E-state index contributed by atoms with van der Waals surface area (Å²) in [4.78, 5) is 29.4. The number of rotatable bonds is 5. The number of nitrogens with zero attached hydrogens (tertiary/aromatic N) is 5. The van der Waals surface area contributed by atoms with E-state index in [4.69, 9.17) is 16.3 Å². The molecular weight excluding hydrogens is 424 g/mol. The number of hydrogen-bond acceptors (Lipinski definition) is 8. The molecule has 2 aromatic rings. The largest absolute Gasteiger partial charge is 0.378 e. The molecule has 1 N–H and O–H groups in total. The quantitative estimate of drug-likeness (QED) is 0.693. The average Bonchev–Trinajstić information content (AvgIpc) is 3.15. The number of morpholine rings is 1. The van der Waals surface area contributed by atoms with Gasteiger partial charge in [0.1, 0.15) is 0 Å². The fraction of sp³-hybridized carbons (Fsp3) is 0.650. The summed E-state index contributed by atoms with van der Waals surface area (Å²) in [5.74, 6) is 0.980. The van der Waals surface area contributed by atoms with Crippen molar-refractivity contribution in [1.82, 2.24) is 25.1 Å². The second-order valence-corrected chi connectivity index (χ2v) is 9.72. The molecule has 4 rings (SSSR count). The zero-order valence-corrected chi connectivity index (χ0v) is 19.4. The highest BCUT2D eigenvalue weighted by molar-refractivity contribution is 7.19. The number of thiophene rings is 1. The Labute approximate surface area is 186 Å². The summed E-state index contributed by atoms with van der Waals surface area (Å²) in [6.07, 6.45) is 0. The first kappa shape index (κ1) is 21.7. The predicted molar refractivity (Wildman–Crippen MR) is 120 cm³/mol. The topological polar surface area (TPSA) is 73.8 Å². The lowest BCUT2D eigenvalue weighted by atomic mass is 10.0. The number of likely N-dealkylation sites (N-methyl/N-ethyl adjacent to an activating group) is 1. The Morgan fingerprint density at radius 3 is 2.57 bits per heavy atom. The lowest BCUT2D eigenvalue weighted by Gasteiger charge is -2.42.